The number of nitrogens with one attached hydrogen (secondary N) is 1. The fourth-order valence-electron chi connectivity index (χ4n) is 2.82. The van der Waals surface area contributed by atoms with Gasteiger partial charge in [-0.3, -0.25) is 4.79 Å². The van der Waals surface area contributed by atoms with E-state index in [0.29, 0.717) is 10.6 Å². The van der Waals surface area contributed by atoms with Crippen molar-refractivity contribution < 1.29 is 14.6 Å². The number of ether oxygens (including phenoxy) is 1. The third-order valence-electron chi connectivity index (χ3n) is 3.80. The Morgan fingerprint density at radius 1 is 1.38 bits per heavy atom. The molecular formula is C16H22ClNO3. The van der Waals surface area contributed by atoms with Crippen LogP contribution < -0.4 is 5.32 Å². The van der Waals surface area contributed by atoms with E-state index in [-0.39, 0.29) is 30.6 Å². The van der Waals surface area contributed by atoms with Gasteiger partial charge in [-0.1, -0.05) is 29.8 Å². The Labute approximate surface area is 130 Å². The number of rotatable bonds is 4. The number of carbonyl (C=O) groups is 1. The van der Waals surface area contributed by atoms with Gasteiger partial charge in [0.15, 0.2) is 0 Å². The zero-order valence-electron chi connectivity index (χ0n) is 12.4. The summed E-state index contributed by atoms with van der Waals surface area (Å²) in [6.45, 7) is 4.13. The van der Waals surface area contributed by atoms with Crippen molar-refractivity contribution in [3.8, 4) is 0 Å². The lowest BCUT2D eigenvalue weighted by molar-refractivity contribution is -0.133. The Morgan fingerprint density at radius 2 is 2.00 bits per heavy atom. The van der Waals surface area contributed by atoms with Crippen molar-refractivity contribution in [1.82, 2.24) is 5.32 Å². The molecule has 1 amide bonds. The number of hydrogen-bond donors (Lipinski definition) is 2. The van der Waals surface area contributed by atoms with E-state index in [2.05, 4.69) is 5.32 Å². The fraction of sp³-hybridized carbons (Fsp3) is 0.562. The van der Waals surface area contributed by atoms with Gasteiger partial charge < -0.3 is 15.2 Å². The van der Waals surface area contributed by atoms with Crippen molar-refractivity contribution in [2.75, 3.05) is 6.54 Å². The molecule has 1 heterocycles. The first-order chi connectivity index (χ1) is 9.97. The normalized spacial score (nSPS) is 27.1. The molecule has 21 heavy (non-hydrogen) atoms. The minimum absolute atomic E-state index is 0.0249. The third-order valence-corrected chi connectivity index (χ3v) is 4.15. The Bertz CT molecular complexity index is 484. The van der Waals surface area contributed by atoms with E-state index in [1.54, 1.807) is 12.1 Å². The number of aliphatic hydroxyl groups excluding tert-OH is 1. The highest BCUT2D eigenvalue weighted by molar-refractivity contribution is 6.31. The number of halogens is 1. The average Bonchev–Trinajstić information content (AvgIpc) is 2.43. The summed E-state index contributed by atoms with van der Waals surface area (Å²) in [4.78, 5) is 12.2. The first-order valence-corrected chi connectivity index (χ1v) is 7.70. The molecule has 0 spiro atoms. The quantitative estimate of drug-likeness (QED) is 0.899. The van der Waals surface area contributed by atoms with E-state index in [1.807, 2.05) is 26.0 Å². The molecule has 2 rings (SSSR count). The molecule has 3 atom stereocenters. The first-order valence-electron chi connectivity index (χ1n) is 7.33. The number of aliphatic hydroxyl groups is 1. The predicted molar refractivity (Wildman–Crippen MR) is 82.2 cm³/mol. The predicted octanol–water partition coefficient (Wildman–Crippen LogP) is 2.69. The van der Waals surface area contributed by atoms with Crippen molar-refractivity contribution in [1.29, 1.82) is 0 Å². The molecule has 0 aliphatic carbocycles. The van der Waals surface area contributed by atoms with E-state index >= 15 is 0 Å². The standard InChI is InChI=1S/C16H22ClNO3/c1-10-7-12(8-11(2)21-10)16(20)18-9-15(19)13-5-3-4-6-14(13)17/h3-6,10-12,15,19H,7-9H2,1-2H3,(H,18,20). The number of carbonyl (C=O) groups excluding carboxylic acids is 1. The lowest BCUT2D eigenvalue weighted by Gasteiger charge is -2.31. The molecule has 0 bridgehead atoms. The van der Waals surface area contributed by atoms with Crippen LogP contribution in [0.15, 0.2) is 24.3 Å². The molecule has 4 nitrogen and oxygen atoms in total. The fourth-order valence-corrected chi connectivity index (χ4v) is 3.08. The summed E-state index contributed by atoms with van der Waals surface area (Å²) in [6.07, 6.45) is 0.838. The van der Waals surface area contributed by atoms with Crippen LogP contribution in [0.25, 0.3) is 0 Å². The van der Waals surface area contributed by atoms with Crippen molar-refractivity contribution in [2.45, 2.75) is 45.0 Å². The van der Waals surface area contributed by atoms with Crippen LogP contribution in [-0.4, -0.2) is 29.8 Å². The van der Waals surface area contributed by atoms with Gasteiger partial charge in [0.2, 0.25) is 5.91 Å². The second-order valence-electron chi connectivity index (χ2n) is 5.71. The largest absolute Gasteiger partial charge is 0.387 e. The molecule has 2 N–H and O–H groups in total. The Morgan fingerprint density at radius 3 is 2.62 bits per heavy atom. The molecule has 116 valence electrons. The van der Waals surface area contributed by atoms with E-state index < -0.39 is 6.10 Å². The van der Waals surface area contributed by atoms with Gasteiger partial charge in [0.25, 0.3) is 0 Å². The maximum atomic E-state index is 12.2. The smallest absolute Gasteiger partial charge is 0.223 e. The van der Waals surface area contributed by atoms with Crippen molar-refractivity contribution >= 4 is 17.5 Å². The third kappa shape index (κ3) is 4.43. The molecule has 0 radical (unpaired) electrons. The Hall–Kier alpha value is -1.10. The average molecular weight is 312 g/mol. The van der Waals surface area contributed by atoms with Gasteiger partial charge in [0, 0.05) is 23.0 Å². The summed E-state index contributed by atoms with van der Waals surface area (Å²) < 4.78 is 5.63. The summed E-state index contributed by atoms with van der Waals surface area (Å²) in [5.41, 5.74) is 0.633. The van der Waals surface area contributed by atoms with Crippen LogP contribution >= 0.6 is 11.6 Å². The minimum Gasteiger partial charge on any atom is -0.387 e. The van der Waals surface area contributed by atoms with E-state index in [4.69, 9.17) is 16.3 Å². The van der Waals surface area contributed by atoms with Crippen LogP contribution in [0.2, 0.25) is 5.02 Å². The molecule has 0 aromatic heterocycles. The summed E-state index contributed by atoms with van der Waals surface area (Å²) in [5, 5.41) is 13.5. The van der Waals surface area contributed by atoms with Crippen LogP contribution in [0.5, 0.6) is 0 Å². The molecule has 1 saturated heterocycles. The van der Waals surface area contributed by atoms with Gasteiger partial charge in [0.05, 0.1) is 18.3 Å². The summed E-state index contributed by atoms with van der Waals surface area (Å²) in [7, 11) is 0. The van der Waals surface area contributed by atoms with Crippen LogP contribution in [0, 0.1) is 5.92 Å². The topological polar surface area (TPSA) is 58.6 Å². The highest BCUT2D eigenvalue weighted by Gasteiger charge is 2.29. The van der Waals surface area contributed by atoms with Crippen molar-refractivity contribution in [2.24, 2.45) is 5.92 Å². The molecule has 1 aromatic carbocycles. The van der Waals surface area contributed by atoms with Crippen LogP contribution in [0.1, 0.15) is 38.4 Å². The zero-order chi connectivity index (χ0) is 15.4. The molecular weight excluding hydrogens is 290 g/mol. The van der Waals surface area contributed by atoms with Gasteiger partial charge in [-0.05, 0) is 32.8 Å². The monoisotopic (exact) mass is 311 g/mol. The van der Waals surface area contributed by atoms with Gasteiger partial charge >= 0.3 is 0 Å². The number of amides is 1. The summed E-state index contributed by atoms with van der Waals surface area (Å²) >= 11 is 6.03. The van der Waals surface area contributed by atoms with Crippen molar-refractivity contribution in [3.63, 3.8) is 0 Å². The first kappa shape index (κ1) is 16.3. The zero-order valence-corrected chi connectivity index (χ0v) is 13.1. The maximum absolute atomic E-state index is 12.2. The number of hydrogen-bond acceptors (Lipinski definition) is 3. The molecule has 1 aliphatic rings. The van der Waals surface area contributed by atoms with Crippen molar-refractivity contribution in [3.05, 3.63) is 34.9 Å². The molecule has 1 aromatic rings. The summed E-state index contributed by atoms with van der Waals surface area (Å²) in [6, 6.07) is 7.11. The van der Waals surface area contributed by atoms with E-state index in [9.17, 15) is 9.90 Å². The highest BCUT2D eigenvalue weighted by atomic mass is 35.5. The summed E-state index contributed by atoms with van der Waals surface area (Å²) in [5.74, 6) is -0.0784. The Balaban J connectivity index is 1.88. The SMILES string of the molecule is CC1CC(C(=O)NCC(O)c2ccccc2Cl)CC(C)O1. The minimum atomic E-state index is -0.794. The molecule has 0 saturated carbocycles. The molecule has 3 unspecified atom stereocenters. The lowest BCUT2D eigenvalue weighted by atomic mass is 9.92. The van der Waals surface area contributed by atoms with Crippen LogP contribution in [0.4, 0.5) is 0 Å². The van der Waals surface area contributed by atoms with E-state index in [1.165, 1.54) is 0 Å². The van der Waals surface area contributed by atoms with Gasteiger partial charge in [-0.15, -0.1) is 0 Å². The van der Waals surface area contributed by atoms with Gasteiger partial charge in [0.1, 0.15) is 0 Å². The number of benzene rings is 1. The van der Waals surface area contributed by atoms with Crippen LogP contribution in [-0.2, 0) is 9.53 Å². The second kappa shape index (κ2) is 7.25. The highest BCUT2D eigenvalue weighted by Crippen LogP contribution is 2.25. The van der Waals surface area contributed by atoms with Gasteiger partial charge in [-0.25, -0.2) is 0 Å². The Kier molecular flexibility index (Phi) is 5.62. The van der Waals surface area contributed by atoms with Crippen LogP contribution in [0.3, 0.4) is 0 Å². The molecule has 5 heteroatoms. The molecule has 1 fully saturated rings. The van der Waals surface area contributed by atoms with E-state index in [0.717, 1.165) is 12.8 Å². The lowest BCUT2D eigenvalue weighted by Crippen LogP contribution is -2.40. The van der Waals surface area contributed by atoms with Gasteiger partial charge in [-0.2, -0.15) is 0 Å². The maximum Gasteiger partial charge on any atom is 0.223 e. The second-order valence-corrected chi connectivity index (χ2v) is 6.12. The molecule has 1 aliphatic heterocycles.